The smallest absolute Gasteiger partial charge is 0.356 e. The van der Waals surface area contributed by atoms with E-state index >= 15 is 0 Å². The molecular formula is C11H11N3O4. The van der Waals surface area contributed by atoms with E-state index in [4.69, 9.17) is 9.47 Å². The summed E-state index contributed by atoms with van der Waals surface area (Å²) < 4.78 is 10.3. The zero-order chi connectivity index (χ0) is 13.0. The molecule has 1 unspecified atom stereocenters. The molecule has 1 aliphatic rings. The van der Waals surface area contributed by atoms with Gasteiger partial charge in [0.05, 0.1) is 11.3 Å². The lowest BCUT2D eigenvalue weighted by Gasteiger charge is -2.17. The number of benzene rings is 1. The van der Waals surface area contributed by atoms with Crippen molar-refractivity contribution in [3.8, 4) is 5.75 Å². The summed E-state index contributed by atoms with van der Waals surface area (Å²) in [6, 6.07) is 8.72. The number of ether oxygens (including phenoxy) is 2. The number of para-hydroxylation sites is 1. The first-order valence-electron chi connectivity index (χ1n) is 5.15. The maximum Gasteiger partial charge on any atom is 0.356 e. The summed E-state index contributed by atoms with van der Waals surface area (Å²) in [5.74, 6) is 0.387. The molecule has 1 atom stereocenters. The van der Waals surface area contributed by atoms with Gasteiger partial charge in [-0.05, 0) is 12.1 Å². The third kappa shape index (κ3) is 2.46. The highest BCUT2D eigenvalue weighted by atomic mass is 16.6. The zero-order valence-corrected chi connectivity index (χ0v) is 9.57. The summed E-state index contributed by atoms with van der Waals surface area (Å²) in [6.07, 6.45) is 0.426. The van der Waals surface area contributed by atoms with E-state index in [-0.39, 0.29) is 11.6 Å². The summed E-state index contributed by atoms with van der Waals surface area (Å²) in [6.45, 7) is 0. The average molecular weight is 249 g/mol. The van der Waals surface area contributed by atoms with Crippen LogP contribution in [0.2, 0.25) is 0 Å². The molecule has 0 saturated heterocycles. The molecule has 2 rings (SSSR count). The number of aliphatic imine (C=N–C) groups is 1. The maximum absolute atomic E-state index is 11.0. The summed E-state index contributed by atoms with van der Waals surface area (Å²) in [5, 5.41) is 13.6. The van der Waals surface area contributed by atoms with Crippen LogP contribution in [0.1, 0.15) is 0 Å². The first-order valence-corrected chi connectivity index (χ1v) is 5.15. The fraction of sp³-hybridized carbons (Fsp3) is 0.182. The van der Waals surface area contributed by atoms with E-state index in [1.807, 2.05) is 6.07 Å². The van der Waals surface area contributed by atoms with Crippen LogP contribution in [-0.2, 0) is 4.74 Å². The second-order valence-corrected chi connectivity index (χ2v) is 3.40. The van der Waals surface area contributed by atoms with Crippen molar-refractivity contribution in [1.29, 1.82) is 0 Å². The highest BCUT2D eigenvalue weighted by Gasteiger charge is 2.33. The second-order valence-electron chi connectivity index (χ2n) is 3.40. The Kier molecular flexibility index (Phi) is 3.54. The van der Waals surface area contributed by atoms with Crippen LogP contribution >= 0.6 is 0 Å². The van der Waals surface area contributed by atoms with Crippen LogP contribution in [0.5, 0.6) is 5.75 Å². The molecule has 1 heterocycles. The number of nitrogens with one attached hydrogen (secondary N) is 1. The fourth-order valence-corrected chi connectivity index (χ4v) is 1.45. The van der Waals surface area contributed by atoms with Gasteiger partial charge in [0.25, 0.3) is 0 Å². The molecule has 0 radical (unpaired) electrons. The molecule has 1 aliphatic heterocycles. The van der Waals surface area contributed by atoms with Gasteiger partial charge in [-0.25, -0.2) is 0 Å². The Morgan fingerprint density at radius 2 is 2.11 bits per heavy atom. The summed E-state index contributed by atoms with van der Waals surface area (Å²) in [4.78, 5) is 14.2. The summed E-state index contributed by atoms with van der Waals surface area (Å²) in [7, 11) is 1.36. The highest BCUT2D eigenvalue weighted by molar-refractivity contribution is 5.59. The molecular weight excluding hydrogens is 238 g/mol. The van der Waals surface area contributed by atoms with Crippen LogP contribution in [0.4, 0.5) is 0 Å². The van der Waals surface area contributed by atoms with E-state index in [1.54, 1.807) is 24.3 Å². The quantitative estimate of drug-likeness (QED) is 0.638. The minimum absolute atomic E-state index is 0.0863. The highest BCUT2D eigenvalue weighted by Crippen LogP contribution is 2.20. The van der Waals surface area contributed by atoms with E-state index in [2.05, 4.69) is 10.3 Å². The predicted molar refractivity (Wildman–Crippen MR) is 63.5 cm³/mol. The van der Waals surface area contributed by atoms with E-state index < -0.39 is 11.2 Å². The van der Waals surface area contributed by atoms with Crippen LogP contribution < -0.4 is 10.1 Å². The van der Waals surface area contributed by atoms with Crippen LogP contribution in [0.15, 0.2) is 46.9 Å². The molecule has 0 spiro atoms. The van der Waals surface area contributed by atoms with E-state index in [0.717, 1.165) is 0 Å². The van der Waals surface area contributed by atoms with Gasteiger partial charge < -0.3 is 14.8 Å². The van der Waals surface area contributed by atoms with Gasteiger partial charge in [0.1, 0.15) is 5.75 Å². The van der Waals surface area contributed by atoms with Crippen LogP contribution in [0.25, 0.3) is 0 Å². The molecule has 1 N–H and O–H groups in total. The van der Waals surface area contributed by atoms with Crippen molar-refractivity contribution in [2.24, 2.45) is 4.99 Å². The summed E-state index contributed by atoms with van der Waals surface area (Å²) in [5.41, 5.74) is -0.260. The van der Waals surface area contributed by atoms with Gasteiger partial charge >= 0.3 is 11.6 Å². The number of rotatable bonds is 4. The Bertz CT molecular complexity index is 498. The fourth-order valence-electron chi connectivity index (χ4n) is 1.45. The molecule has 0 aromatic heterocycles. The Morgan fingerprint density at radius 3 is 2.72 bits per heavy atom. The van der Waals surface area contributed by atoms with Gasteiger partial charge in [-0.3, -0.25) is 10.1 Å². The Labute approximate surface area is 103 Å². The first kappa shape index (κ1) is 12.1. The Hall–Kier alpha value is -2.41. The van der Waals surface area contributed by atoms with Crippen molar-refractivity contribution in [3.05, 3.63) is 52.0 Å². The van der Waals surface area contributed by atoms with Crippen molar-refractivity contribution in [3.63, 3.8) is 0 Å². The van der Waals surface area contributed by atoms with E-state index in [9.17, 15) is 10.1 Å². The minimum Gasteiger partial charge on any atom is -0.434 e. The Balaban J connectivity index is 2.32. The molecule has 1 aromatic rings. The third-order valence-corrected chi connectivity index (χ3v) is 2.27. The largest absolute Gasteiger partial charge is 0.434 e. The third-order valence-electron chi connectivity index (χ3n) is 2.27. The number of nitro groups is 1. The summed E-state index contributed by atoms with van der Waals surface area (Å²) >= 11 is 0. The van der Waals surface area contributed by atoms with Crippen molar-refractivity contribution in [1.82, 2.24) is 5.32 Å². The van der Waals surface area contributed by atoms with Crippen molar-refractivity contribution < 1.29 is 14.4 Å². The molecule has 0 aliphatic carbocycles. The van der Waals surface area contributed by atoms with E-state index in [0.29, 0.717) is 5.75 Å². The first-order chi connectivity index (χ1) is 8.72. The van der Waals surface area contributed by atoms with Gasteiger partial charge in [0.15, 0.2) is 0 Å². The lowest BCUT2D eigenvalue weighted by molar-refractivity contribution is -0.440. The van der Waals surface area contributed by atoms with Crippen LogP contribution in [0, 0.1) is 10.1 Å². The van der Waals surface area contributed by atoms with Crippen molar-refractivity contribution >= 4 is 6.34 Å². The zero-order valence-electron chi connectivity index (χ0n) is 9.57. The Morgan fingerprint density at radius 1 is 1.39 bits per heavy atom. The second kappa shape index (κ2) is 5.28. The SMILES string of the molecule is COC1NC=NC(Oc2ccccc2)=C1[N+](=O)[O-]. The lowest BCUT2D eigenvalue weighted by atomic mass is 10.3. The predicted octanol–water partition coefficient (Wildman–Crippen LogP) is 1.12. The minimum atomic E-state index is -0.879. The number of nitrogens with zero attached hydrogens (tertiary/aromatic N) is 2. The normalized spacial score (nSPS) is 18.4. The number of hydrogen-bond donors (Lipinski definition) is 1. The van der Waals surface area contributed by atoms with Gasteiger partial charge in [-0.2, -0.15) is 4.99 Å². The van der Waals surface area contributed by atoms with E-state index in [1.165, 1.54) is 13.4 Å². The lowest BCUT2D eigenvalue weighted by Crippen LogP contribution is -2.38. The standard InChI is InChI=1S/C11H11N3O4/c1-17-10-9(14(15)16)11(13-7-12-10)18-8-5-3-2-4-6-8/h2-7,10H,1H3,(H,12,13). The number of methoxy groups -OCH3 is 1. The molecule has 0 saturated carbocycles. The number of hydrogen-bond acceptors (Lipinski definition) is 6. The topological polar surface area (TPSA) is 86.0 Å². The maximum atomic E-state index is 11.0. The van der Waals surface area contributed by atoms with Gasteiger partial charge in [-0.1, -0.05) is 18.2 Å². The molecule has 1 aromatic carbocycles. The van der Waals surface area contributed by atoms with Crippen molar-refractivity contribution in [2.45, 2.75) is 6.23 Å². The molecule has 7 nitrogen and oxygen atoms in total. The van der Waals surface area contributed by atoms with Crippen LogP contribution in [0.3, 0.4) is 0 Å². The molecule has 0 fully saturated rings. The van der Waals surface area contributed by atoms with Gasteiger partial charge in [0.2, 0.25) is 6.23 Å². The molecule has 18 heavy (non-hydrogen) atoms. The molecule has 7 heteroatoms. The monoisotopic (exact) mass is 249 g/mol. The van der Waals surface area contributed by atoms with Crippen molar-refractivity contribution in [2.75, 3.05) is 7.11 Å². The molecule has 94 valence electrons. The van der Waals surface area contributed by atoms with Gasteiger partial charge in [-0.15, -0.1) is 0 Å². The molecule has 0 bridgehead atoms. The van der Waals surface area contributed by atoms with Gasteiger partial charge in [0, 0.05) is 7.11 Å². The average Bonchev–Trinajstić information content (AvgIpc) is 2.39. The molecule has 0 amide bonds. The van der Waals surface area contributed by atoms with Crippen LogP contribution in [-0.4, -0.2) is 24.6 Å².